The van der Waals surface area contributed by atoms with Crippen molar-refractivity contribution in [1.29, 1.82) is 0 Å². The molecule has 3 nitrogen and oxygen atoms in total. The van der Waals surface area contributed by atoms with Crippen LogP contribution in [0.4, 0.5) is 8.78 Å². The lowest BCUT2D eigenvalue weighted by atomic mass is 10.3. The molecule has 0 aliphatic rings. The van der Waals surface area contributed by atoms with Gasteiger partial charge in [-0.3, -0.25) is 0 Å². The molecule has 0 atom stereocenters. The molecule has 0 aliphatic heterocycles. The molecule has 86 valence electrons. The Morgan fingerprint density at radius 2 is 2.31 bits per heavy atom. The van der Waals surface area contributed by atoms with E-state index in [4.69, 9.17) is 4.74 Å². The van der Waals surface area contributed by atoms with Gasteiger partial charge in [0.2, 0.25) is 0 Å². The lowest BCUT2D eigenvalue weighted by molar-refractivity contribution is 0.251. The second-order valence-corrected chi connectivity index (χ2v) is 4.01. The first-order chi connectivity index (χ1) is 7.69. The van der Waals surface area contributed by atoms with E-state index < -0.39 is 5.76 Å². The minimum absolute atomic E-state index is 0.221. The summed E-state index contributed by atoms with van der Waals surface area (Å²) in [5.74, 6) is -1.76. The monoisotopic (exact) mass is 244 g/mol. The van der Waals surface area contributed by atoms with Gasteiger partial charge in [0.25, 0.3) is 5.76 Å². The van der Waals surface area contributed by atoms with Gasteiger partial charge in [0.15, 0.2) is 5.16 Å². The summed E-state index contributed by atoms with van der Waals surface area (Å²) in [5, 5.41) is 0.221. The zero-order valence-corrected chi connectivity index (χ0v) is 9.35. The van der Waals surface area contributed by atoms with Crippen LogP contribution in [0.1, 0.15) is 6.92 Å². The van der Waals surface area contributed by atoms with E-state index in [-0.39, 0.29) is 5.16 Å². The van der Waals surface area contributed by atoms with Crippen LogP contribution in [-0.4, -0.2) is 22.3 Å². The summed E-state index contributed by atoms with van der Waals surface area (Å²) in [5.41, 5.74) is 1.36. The number of fused-ring (bicyclic) bond motifs is 1. The highest BCUT2D eigenvalue weighted by Crippen LogP contribution is 2.26. The Labute approximate surface area is 95.2 Å². The summed E-state index contributed by atoms with van der Waals surface area (Å²) in [6.45, 7) is 2.45. The summed E-state index contributed by atoms with van der Waals surface area (Å²) in [6.07, 6.45) is 0. The molecule has 0 aliphatic carbocycles. The van der Waals surface area contributed by atoms with Crippen molar-refractivity contribution in [3.8, 4) is 5.75 Å². The Balaban J connectivity index is 2.30. The molecule has 0 amide bonds. The molecule has 0 saturated carbocycles. The largest absolute Gasteiger partial charge is 0.494 e. The van der Waals surface area contributed by atoms with Gasteiger partial charge in [-0.25, -0.2) is 4.98 Å². The highest BCUT2D eigenvalue weighted by atomic mass is 32.2. The van der Waals surface area contributed by atoms with Crippen LogP contribution in [0.3, 0.4) is 0 Å². The smallest absolute Gasteiger partial charge is 0.291 e. The average molecular weight is 244 g/mol. The van der Waals surface area contributed by atoms with E-state index in [1.807, 2.05) is 6.92 Å². The molecule has 1 aromatic carbocycles. The van der Waals surface area contributed by atoms with Crippen LogP contribution in [0, 0.1) is 0 Å². The number of hydrogen-bond donors (Lipinski definition) is 1. The van der Waals surface area contributed by atoms with Crippen molar-refractivity contribution in [2.75, 3.05) is 6.61 Å². The van der Waals surface area contributed by atoms with E-state index >= 15 is 0 Å². The summed E-state index contributed by atoms with van der Waals surface area (Å²) >= 11 is 0.403. The molecule has 0 fully saturated rings. The number of alkyl halides is 2. The molecular formula is C10H10F2N2OS. The molecule has 0 unspecified atom stereocenters. The fourth-order valence-corrected chi connectivity index (χ4v) is 1.85. The van der Waals surface area contributed by atoms with E-state index in [2.05, 4.69) is 9.97 Å². The number of aromatic amines is 1. The summed E-state index contributed by atoms with van der Waals surface area (Å²) in [4.78, 5) is 6.84. The molecule has 0 spiro atoms. The van der Waals surface area contributed by atoms with Crippen molar-refractivity contribution < 1.29 is 13.5 Å². The molecule has 0 saturated heterocycles. The summed E-state index contributed by atoms with van der Waals surface area (Å²) in [6, 6.07) is 5.26. The predicted molar refractivity (Wildman–Crippen MR) is 59.1 cm³/mol. The normalized spacial score (nSPS) is 11.2. The first kappa shape index (κ1) is 11.2. The SMILES string of the molecule is CCOc1ccc2nc(SC(F)F)[nH]c2c1. The number of benzene rings is 1. The summed E-state index contributed by atoms with van der Waals surface area (Å²) in [7, 11) is 0. The number of H-pyrrole nitrogens is 1. The van der Waals surface area contributed by atoms with Gasteiger partial charge in [-0.15, -0.1) is 0 Å². The van der Waals surface area contributed by atoms with Crippen LogP contribution in [0.15, 0.2) is 23.4 Å². The number of halogens is 2. The molecule has 2 rings (SSSR count). The highest BCUT2D eigenvalue weighted by Gasteiger charge is 2.10. The Bertz CT molecular complexity index is 487. The molecule has 16 heavy (non-hydrogen) atoms. The maximum atomic E-state index is 12.1. The Morgan fingerprint density at radius 1 is 1.50 bits per heavy atom. The minimum Gasteiger partial charge on any atom is -0.494 e. The second-order valence-electron chi connectivity index (χ2n) is 3.03. The molecule has 1 N–H and O–H groups in total. The number of rotatable bonds is 4. The van der Waals surface area contributed by atoms with Crippen LogP contribution < -0.4 is 4.74 Å². The number of imidazole rings is 1. The lowest BCUT2D eigenvalue weighted by Gasteiger charge is -2.00. The van der Waals surface area contributed by atoms with Gasteiger partial charge in [-0.05, 0) is 30.8 Å². The molecule has 1 heterocycles. The minimum atomic E-state index is -2.47. The number of ether oxygens (including phenoxy) is 1. The van der Waals surface area contributed by atoms with Crippen molar-refractivity contribution in [1.82, 2.24) is 9.97 Å². The maximum Gasteiger partial charge on any atom is 0.291 e. The van der Waals surface area contributed by atoms with Gasteiger partial charge in [0.1, 0.15) is 5.75 Å². The van der Waals surface area contributed by atoms with E-state index in [9.17, 15) is 8.78 Å². The fourth-order valence-electron chi connectivity index (χ4n) is 1.36. The van der Waals surface area contributed by atoms with E-state index in [1.165, 1.54) is 0 Å². The van der Waals surface area contributed by atoms with Gasteiger partial charge >= 0.3 is 0 Å². The Morgan fingerprint density at radius 3 is 3.00 bits per heavy atom. The van der Waals surface area contributed by atoms with Crippen LogP contribution in [-0.2, 0) is 0 Å². The van der Waals surface area contributed by atoms with Gasteiger partial charge in [0, 0.05) is 6.07 Å². The third-order valence-electron chi connectivity index (χ3n) is 1.94. The zero-order chi connectivity index (χ0) is 11.5. The van der Waals surface area contributed by atoms with E-state index in [0.717, 1.165) is 0 Å². The molecule has 2 aromatic rings. The third kappa shape index (κ3) is 2.44. The van der Waals surface area contributed by atoms with Gasteiger partial charge in [-0.2, -0.15) is 8.78 Å². The van der Waals surface area contributed by atoms with Crippen molar-refractivity contribution >= 4 is 22.8 Å². The topological polar surface area (TPSA) is 37.9 Å². The zero-order valence-electron chi connectivity index (χ0n) is 8.54. The molecule has 0 radical (unpaired) electrons. The van der Waals surface area contributed by atoms with Crippen LogP contribution in [0.2, 0.25) is 0 Å². The van der Waals surface area contributed by atoms with Crippen LogP contribution in [0.5, 0.6) is 5.75 Å². The molecule has 0 bridgehead atoms. The fraction of sp³-hybridized carbons (Fsp3) is 0.300. The lowest BCUT2D eigenvalue weighted by Crippen LogP contribution is -1.90. The number of nitrogens with one attached hydrogen (secondary N) is 1. The van der Waals surface area contributed by atoms with Crippen molar-refractivity contribution in [3.05, 3.63) is 18.2 Å². The Kier molecular flexibility index (Phi) is 3.28. The molecular weight excluding hydrogens is 234 g/mol. The predicted octanol–water partition coefficient (Wildman–Crippen LogP) is 3.28. The number of nitrogens with zero attached hydrogens (tertiary/aromatic N) is 1. The third-order valence-corrected chi connectivity index (χ3v) is 2.54. The van der Waals surface area contributed by atoms with Crippen LogP contribution in [0.25, 0.3) is 11.0 Å². The van der Waals surface area contributed by atoms with Gasteiger partial charge in [0.05, 0.1) is 17.6 Å². The van der Waals surface area contributed by atoms with Crippen LogP contribution >= 0.6 is 11.8 Å². The van der Waals surface area contributed by atoms with Gasteiger partial charge in [-0.1, -0.05) is 0 Å². The van der Waals surface area contributed by atoms with E-state index in [1.54, 1.807) is 18.2 Å². The number of hydrogen-bond acceptors (Lipinski definition) is 3. The first-order valence-corrected chi connectivity index (χ1v) is 5.64. The quantitative estimate of drug-likeness (QED) is 0.839. The summed E-state index contributed by atoms with van der Waals surface area (Å²) < 4.78 is 29.6. The molecule has 6 heteroatoms. The standard InChI is InChI=1S/C10H10F2N2OS/c1-2-15-6-3-4-7-8(5-6)14-10(13-7)16-9(11)12/h3-5,9H,2H2,1H3,(H,13,14). The second kappa shape index (κ2) is 4.69. The number of aromatic nitrogens is 2. The first-order valence-electron chi connectivity index (χ1n) is 4.76. The molecule has 1 aromatic heterocycles. The van der Waals surface area contributed by atoms with Gasteiger partial charge < -0.3 is 9.72 Å². The number of thioether (sulfide) groups is 1. The maximum absolute atomic E-state index is 12.1. The Hall–Kier alpha value is -1.30. The van der Waals surface area contributed by atoms with Crippen molar-refractivity contribution in [3.63, 3.8) is 0 Å². The van der Waals surface area contributed by atoms with Crippen molar-refractivity contribution in [2.24, 2.45) is 0 Å². The average Bonchev–Trinajstić information content (AvgIpc) is 2.58. The highest BCUT2D eigenvalue weighted by molar-refractivity contribution is 7.99. The van der Waals surface area contributed by atoms with E-state index in [0.29, 0.717) is 35.2 Å². The van der Waals surface area contributed by atoms with Crippen molar-refractivity contribution in [2.45, 2.75) is 17.8 Å².